The summed E-state index contributed by atoms with van der Waals surface area (Å²) in [6.45, 7) is 5.66. The molecule has 1 saturated heterocycles. The van der Waals surface area contributed by atoms with Gasteiger partial charge in [-0.3, -0.25) is 4.79 Å². The zero-order valence-corrected chi connectivity index (χ0v) is 18.1. The van der Waals surface area contributed by atoms with E-state index in [2.05, 4.69) is 10.6 Å². The van der Waals surface area contributed by atoms with E-state index >= 15 is 0 Å². The van der Waals surface area contributed by atoms with Gasteiger partial charge >= 0.3 is 0 Å². The normalized spacial score (nSPS) is 18.5. The van der Waals surface area contributed by atoms with E-state index in [4.69, 9.17) is 0 Å². The molecule has 26 heavy (non-hydrogen) atoms. The summed E-state index contributed by atoms with van der Waals surface area (Å²) in [7, 11) is -1.54. The highest BCUT2D eigenvalue weighted by molar-refractivity contribution is 7.91. The van der Waals surface area contributed by atoms with E-state index in [9.17, 15) is 13.2 Å². The van der Waals surface area contributed by atoms with Crippen LogP contribution in [0.25, 0.3) is 0 Å². The van der Waals surface area contributed by atoms with Gasteiger partial charge in [-0.15, -0.1) is 23.7 Å². The van der Waals surface area contributed by atoms with Crippen LogP contribution in [0.1, 0.15) is 38.0 Å². The Labute approximate surface area is 167 Å². The van der Waals surface area contributed by atoms with E-state index in [1.54, 1.807) is 10.4 Å². The minimum atomic E-state index is -3.42. The largest absolute Gasteiger partial charge is 0.356 e. The molecule has 6 nitrogen and oxygen atoms in total. The minimum Gasteiger partial charge on any atom is -0.356 e. The van der Waals surface area contributed by atoms with Crippen LogP contribution in [0.5, 0.6) is 0 Å². The Morgan fingerprint density at radius 1 is 1.38 bits per heavy atom. The third-order valence-electron chi connectivity index (χ3n) is 4.31. The highest BCUT2D eigenvalue weighted by Crippen LogP contribution is 2.27. The van der Waals surface area contributed by atoms with Crippen molar-refractivity contribution in [1.82, 2.24) is 14.9 Å². The SMILES string of the molecule is CNC1CCCN(S(=O)(=O)c2ccc(CCNC(=O)CC(C)C)s2)C1.Cl. The van der Waals surface area contributed by atoms with Gasteiger partial charge < -0.3 is 10.6 Å². The number of piperidine rings is 1. The van der Waals surface area contributed by atoms with Crippen LogP contribution in [0.15, 0.2) is 16.3 Å². The van der Waals surface area contributed by atoms with Crippen molar-refractivity contribution < 1.29 is 13.2 Å². The van der Waals surface area contributed by atoms with Crippen molar-refractivity contribution in [3.63, 3.8) is 0 Å². The van der Waals surface area contributed by atoms with Crippen molar-refractivity contribution in [3.05, 3.63) is 17.0 Å². The first-order valence-electron chi connectivity index (χ1n) is 8.85. The van der Waals surface area contributed by atoms with Crippen molar-refractivity contribution >= 4 is 39.7 Å². The molecule has 2 rings (SSSR count). The summed E-state index contributed by atoms with van der Waals surface area (Å²) in [6, 6.07) is 3.76. The Bertz CT molecular complexity index is 677. The average molecular weight is 424 g/mol. The number of nitrogens with one attached hydrogen (secondary N) is 2. The standard InChI is InChI=1S/C17H29N3O3S2.ClH/c1-13(2)11-16(21)19-9-8-15-6-7-17(24-15)25(22,23)20-10-4-5-14(12-20)18-3;/h6-7,13-14,18H,4-5,8-12H2,1-3H3,(H,19,21);1H. The molecule has 9 heteroatoms. The number of carbonyl (C=O) groups excluding carboxylic acids is 1. The Morgan fingerprint density at radius 3 is 2.77 bits per heavy atom. The lowest BCUT2D eigenvalue weighted by Crippen LogP contribution is -2.46. The number of rotatable bonds is 8. The van der Waals surface area contributed by atoms with Crippen molar-refractivity contribution in [3.8, 4) is 0 Å². The van der Waals surface area contributed by atoms with Gasteiger partial charge in [0.05, 0.1) is 0 Å². The average Bonchev–Trinajstić information content (AvgIpc) is 3.04. The predicted molar refractivity (Wildman–Crippen MR) is 109 cm³/mol. The molecular weight excluding hydrogens is 394 g/mol. The van der Waals surface area contributed by atoms with E-state index in [1.807, 2.05) is 27.0 Å². The highest BCUT2D eigenvalue weighted by Gasteiger charge is 2.30. The third kappa shape index (κ3) is 6.49. The number of hydrogen-bond acceptors (Lipinski definition) is 5. The number of thiophene rings is 1. The Balaban J connectivity index is 0.00000338. The molecule has 1 aromatic heterocycles. The molecule has 0 bridgehead atoms. The fourth-order valence-electron chi connectivity index (χ4n) is 2.92. The van der Waals surface area contributed by atoms with Crippen LogP contribution in [-0.2, 0) is 21.2 Å². The first kappa shape index (κ1) is 23.4. The summed E-state index contributed by atoms with van der Waals surface area (Å²) in [5, 5.41) is 6.06. The Hall–Kier alpha value is -0.670. The number of hydrogen-bond donors (Lipinski definition) is 2. The first-order valence-corrected chi connectivity index (χ1v) is 11.1. The second-order valence-electron chi connectivity index (χ2n) is 6.91. The predicted octanol–water partition coefficient (Wildman–Crippen LogP) is 2.25. The van der Waals surface area contributed by atoms with Crippen LogP contribution in [0.2, 0.25) is 0 Å². The van der Waals surface area contributed by atoms with Crippen LogP contribution >= 0.6 is 23.7 Å². The van der Waals surface area contributed by atoms with Crippen molar-refractivity contribution in [2.75, 3.05) is 26.7 Å². The van der Waals surface area contributed by atoms with Gasteiger partial charge in [-0.1, -0.05) is 13.8 Å². The van der Waals surface area contributed by atoms with Crippen molar-refractivity contribution in [2.24, 2.45) is 5.92 Å². The fraction of sp³-hybridized carbons (Fsp3) is 0.706. The topological polar surface area (TPSA) is 78.5 Å². The number of halogens is 1. The minimum absolute atomic E-state index is 0. The van der Waals surface area contributed by atoms with E-state index in [-0.39, 0.29) is 24.4 Å². The van der Waals surface area contributed by atoms with Crippen LogP contribution in [0.3, 0.4) is 0 Å². The molecule has 0 spiro atoms. The number of amides is 1. The highest BCUT2D eigenvalue weighted by atomic mass is 35.5. The summed E-state index contributed by atoms with van der Waals surface area (Å²) in [5.41, 5.74) is 0. The molecule has 1 aliphatic rings. The first-order chi connectivity index (χ1) is 11.8. The zero-order valence-electron chi connectivity index (χ0n) is 15.7. The molecule has 2 heterocycles. The summed E-state index contributed by atoms with van der Waals surface area (Å²) >= 11 is 1.31. The lowest BCUT2D eigenvalue weighted by Gasteiger charge is -2.31. The lowest BCUT2D eigenvalue weighted by molar-refractivity contribution is -0.121. The van der Waals surface area contributed by atoms with Gasteiger partial charge in [0.15, 0.2) is 0 Å². The summed E-state index contributed by atoms with van der Waals surface area (Å²) in [5.74, 6) is 0.385. The second kappa shape index (κ2) is 10.6. The number of likely N-dealkylation sites (N-methyl/N-ethyl adjacent to an activating group) is 1. The van der Waals surface area contributed by atoms with Crippen molar-refractivity contribution in [2.45, 2.75) is 49.8 Å². The summed E-state index contributed by atoms with van der Waals surface area (Å²) < 4.78 is 27.6. The number of sulfonamides is 1. The van der Waals surface area contributed by atoms with Gasteiger partial charge in [-0.05, 0) is 44.4 Å². The quantitative estimate of drug-likeness (QED) is 0.672. The van der Waals surface area contributed by atoms with Gasteiger partial charge in [0.1, 0.15) is 4.21 Å². The second-order valence-corrected chi connectivity index (χ2v) is 10.2. The maximum atomic E-state index is 12.8. The molecule has 1 fully saturated rings. The van der Waals surface area contributed by atoms with Gasteiger partial charge in [0.2, 0.25) is 5.91 Å². The molecule has 0 radical (unpaired) electrons. The molecule has 150 valence electrons. The number of nitrogens with zero attached hydrogens (tertiary/aromatic N) is 1. The molecule has 1 aromatic rings. The van der Waals surface area contributed by atoms with E-state index < -0.39 is 10.0 Å². The molecule has 1 aliphatic heterocycles. The lowest BCUT2D eigenvalue weighted by atomic mass is 10.1. The smallest absolute Gasteiger partial charge is 0.252 e. The monoisotopic (exact) mass is 423 g/mol. The third-order valence-corrected chi connectivity index (χ3v) is 7.79. The van der Waals surface area contributed by atoms with Crippen LogP contribution < -0.4 is 10.6 Å². The van der Waals surface area contributed by atoms with Gasteiger partial charge in [-0.25, -0.2) is 8.42 Å². The maximum absolute atomic E-state index is 12.8. The molecule has 1 atom stereocenters. The molecule has 1 amide bonds. The van der Waals surface area contributed by atoms with Crippen LogP contribution in [0.4, 0.5) is 0 Å². The van der Waals surface area contributed by atoms with Gasteiger partial charge in [0.25, 0.3) is 10.0 Å². The molecule has 1 unspecified atom stereocenters. The maximum Gasteiger partial charge on any atom is 0.252 e. The molecule has 0 aromatic carbocycles. The number of carbonyl (C=O) groups is 1. The zero-order chi connectivity index (χ0) is 18.4. The molecule has 0 aliphatic carbocycles. The summed E-state index contributed by atoms with van der Waals surface area (Å²) in [4.78, 5) is 12.6. The van der Waals surface area contributed by atoms with Gasteiger partial charge in [-0.2, -0.15) is 4.31 Å². The van der Waals surface area contributed by atoms with E-state index in [0.29, 0.717) is 42.6 Å². The van der Waals surface area contributed by atoms with E-state index in [0.717, 1.165) is 17.7 Å². The van der Waals surface area contributed by atoms with E-state index in [1.165, 1.54) is 11.3 Å². The fourth-order valence-corrected chi connectivity index (χ4v) is 5.96. The van der Waals surface area contributed by atoms with Gasteiger partial charge in [0, 0.05) is 37.0 Å². The molecule has 0 saturated carbocycles. The molecular formula is C17H30ClN3O3S2. The Kier molecular flexibility index (Phi) is 9.54. The van der Waals surface area contributed by atoms with Crippen LogP contribution in [-0.4, -0.2) is 51.4 Å². The van der Waals surface area contributed by atoms with Crippen molar-refractivity contribution in [1.29, 1.82) is 0 Å². The van der Waals surface area contributed by atoms with Crippen LogP contribution in [0, 0.1) is 5.92 Å². The Morgan fingerprint density at radius 2 is 2.12 bits per heavy atom. The molecule has 2 N–H and O–H groups in total. The summed E-state index contributed by atoms with van der Waals surface area (Å²) in [6.07, 6.45) is 3.06.